The maximum atomic E-state index is 12.5. The van der Waals surface area contributed by atoms with Gasteiger partial charge in [-0.3, -0.25) is 19.0 Å². The molecule has 0 aliphatic carbocycles. The third-order valence-corrected chi connectivity index (χ3v) is 4.75. The SMILES string of the molecule is CCCCn1c(=O)[nH]c(=O)c2c1nc(COC(=O)C(C)n1cccn1)n2CCC. The number of unbranched alkanes of at least 4 members (excludes halogenated alkanes) is 1. The molecule has 3 rings (SSSR count). The Morgan fingerprint density at radius 3 is 2.66 bits per heavy atom. The van der Waals surface area contributed by atoms with Crippen molar-refractivity contribution in [1.29, 1.82) is 0 Å². The molecule has 1 atom stereocenters. The molecule has 10 heteroatoms. The van der Waals surface area contributed by atoms with E-state index in [9.17, 15) is 14.4 Å². The first-order chi connectivity index (χ1) is 14.0. The molecule has 0 radical (unpaired) electrons. The van der Waals surface area contributed by atoms with Crippen LogP contribution in [0.5, 0.6) is 0 Å². The average molecular weight is 402 g/mol. The Morgan fingerprint density at radius 1 is 1.21 bits per heavy atom. The molecule has 0 aromatic carbocycles. The largest absolute Gasteiger partial charge is 0.456 e. The molecule has 3 aromatic rings. The summed E-state index contributed by atoms with van der Waals surface area (Å²) in [5, 5.41) is 4.05. The zero-order valence-corrected chi connectivity index (χ0v) is 16.9. The van der Waals surface area contributed by atoms with Gasteiger partial charge in [0.1, 0.15) is 18.5 Å². The molecular weight excluding hydrogens is 376 g/mol. The normalized spacial score (nSPS) is 12.4. The van der Waals surface area contributed by atoms with Crippen LogP contribution in [-0.4, -0.2) is 34.9 Å². The number of rotatable bonds is 9. The molecule has 1 unspecified atom stereocenters. The van der Waals surface area contributed by atoms with Crippen LogP contribution in [0.1, 0.15) is 51.9 Å². The summed E-state index contributed by atoms with van der Waals surface area (Å²) in [6.45, 7) is 6.57. The van der Waals surface area contributed by atoms with E-state index in [2.05, 4.69) is 15.1 Å². The molecule has 0 saturated carbocycles. The highest BCUT2D eigenvalue weighted by Crippen LogP contribution is 2.15. The van der Waals surface area contributed by atoms with Gasteiger partial charge >= 0.3 is 11.7 Å². The van der Waals surface area contributed by atoms with Gasteiger partial charge in [-0.2, -0.15) is 5.10 Å². The van der Waals surface area contributed by atoms with Crippen molar-refractivity contribution < 1.29 is 9.53 Å². The highest BCUT2D eigenvalue weighted by atomic mass is 16.5. The first-order valence-corrected chi connectivity index (χ1v) is 9.85. The minimum atomic E-state index is -0.583. The van der Waals surface area contributed by atoms with E-state index < -0.39 is 23.3 Å². The Kier molecular flexibility index (Phi) is 6.30. The summed E-state index contributed by atoms with van der Waals surface area (Å²) in [5.41, 5.74) is -0.310. The minimum absolute atomic E-state index is 0.0967. The Morgan fingerprint density at radius 2 is 2.00 bits per heavy atom. The number of aromatic amines is 1. The van der Waals surface area contributed by atoms with Gasteiger partial charge in [0.2, 0.25) is 0 Å². The van der Waals surface area contributed by atoms with Crippen LogP contribution < -0.4 is 11.2 Å². The van der Waals surface area contributed by atoms with Crippen molar-refractivity contribution in [3.63, 3.8) is 0 Å². The number of esters is 1. The molecular formula is C19H26N6O4. The number of carbonyl (C=O) groups excluding carboxylic acids is 1. The molecule has 0 fully saturated rings. The van der Waals surface area contributed by atoms with E-state index in [4.69, 9.17) is 4.74 Å². The minimum Gasteiger partial charge on any atom is -0.456 e. The monoisotopic (exact) mass is 402 g/mol. The summed E-state index contributed by atoms with van der Waals surface area (Å²) in [4.78, 5) is 44.0. The fraction of sp³-hybridized carbons (Fsp3) is 0.526. The zero-order chi connectivity index (χ0) is 21.0. The lowest BCUT2D eigenvalue weighted by molar-refractivity contribution is -0.149. The van der Waals surface area contributed by atoms with Gasteiger partial charge in [0.25, 0.3) is 5.56 Å². The van der Waals surface area contributed by atoms with E-state index in [0.717, 1.165) is 19.3 Å². The highest BCUT2D eigenvalue weighted by Gasteiger charge is 2.21. The lowest BCUT2D eigenvalue weighted by Crippen LogP contribution is -2.31. The standard InChI is InChI=1S/C19H26N6O4/c1-4-6-10-24-16-15(17(26)22-19(24)28)23(9-5-2)14(21-16)12-29-18(27)13(3)25-11-7-8-20-25/h7-8,11,13H,4-6,9-10,12H2,1-3H3,(H,22,26,28). The molecule has 3 aromatic heterocycles. The lowest BCUT2D eigenvalue weighted by Gasteiger charge is -2.12. The maximum Gasteiger partial charge on any atom is 0.331 e. The smallest absolute Gasteiger partial charge is 0.331 e. The van der Waals surface area contributed by atoms with Crippen molar-refractivity contribution in [2.45, 2.75) is 65.8 Å². The van der Waals surface area contributed by atoms with Crippen LogP contribution in [0.25, 0.3) is 11.2 Å². The van der Waals surface area contributed by atoms with Gasteiger partial charge in [0.15, 0.2) is 11.2 Å². The van der Waals surface area contributed by atoms with Crippen molar-refractivity contribution in [2.24, 2.45) is 0 Å². The molecule has 0 bridgehead atoms. The molecule has 0 saturated heterocycles. The van der Waals surface area contributed by atoms with Crippen LogP contribution in [-0.2, 0) is 29.2 Å². The summed E-state index contributed by atoms with van der Waals surface area (Å²) < 4.78 is 10.1. The van der Waals surface area contributed by atoms with Crippen LogP contribution >= 0.6 is 0 Å². The van der Waals surface area contributed by atoms with Crippen LogP contribution in [0.4, 0.5) is 0 Å². The molecule has 0 amide bonds. The number of nitrogens with zero attached hydrogens (tertiary/aromatic N) is 5. The third-order valence-electron chi connectivity index (χ3n) is 4.75. The first-order valence-electron chi connectivity index (χ1n) is 9.85. The fourth-order valence-electron chi connectivity index (χ4n) is 3.19. The number of ether oxygens (including phenoxy) is 1. The number of aryl methyl sites for hydroxylation is 2. The van der Waals surface area contributed by atoms with Gasteiger partial charge in [0.05, 0.1) is 0 Å². The van der Waals surface area contributed by atoms with Gasteiger partial charge in [-0.1, -0.05) is 20.3 Å². The van der Waals surface area contributed by atoms with Crippen LogP contribution in [0, 0.1) is 0 Å². The summed E-state index contributed by atoms with van der Waals surface area (Å²) in [6, 6.07) is 1.15. The Hall–Kier alpha value is -3.17. The van der Waals surface area contributed by atoms with Gasteiger partial charge in [-0.05, 0) is 25.8 Å². The quantitative estimate of drug-likeness (QED) is 0.543. The molecule has 0 spiro atoms. The molecule has 156 valence electrons. The van der Waals surface area contributed by atoms with E-state index in [1.54, 1.807) is 30.0 Å². The van der Waals surface area contributed by atoms with Crippen molar-refractivity contribution in [3.8, 4) is 0 Å². The number of hydrogen-bond acceptors (Lipinski definition) is 6. The van der Waals surface area contributed by atoms with Gasteiger partial charge in [-0.15, -0.1) is 0 Å². The van der Waals surface area contributed by atoms with Crippen LogP contribution in [0.3, 0.4) is 0 Å². The van der Waals surface area contributed by atoms with Crippen molar-refractivity contribution in [2.75, 3.05) is 0 Å². The van der Waals surface area contributed by atoms with Crippen molar-refractivity contribution >= 4 is 17.1 Å². The lowest BCUT2D eigenvalue weighted by atomic mass is 10.3. The highest BCUT2D eigenvalue weighted by molar-refractivity contribution is 5.74. The topological polar surface area (TPSA) is 117 Å². The molecule has 0 aliphatic heterocycles. The average Bonchev–Trinajstić information content (AvgIpc) is 3.34. The van der Waals surface area contributed by atoms with E-state index >= 15 is 0 Å². The van der Waals surface area contributed by atoms with E-state index in [-0.39, 0.29) is 6.61 Å². The molecule has 10 nitrogen and oxygen atoms in total. The molecule has 1 N–H and O–H groups in total. The second-order valence-corrected chi connectivity index (χ2v) is 6.89. The van der Waals surface area contributed by atoms with Crippen molar-refractivity contribution in [3.05, 3.63) is 45.1 Å². The summed E-state index contributed by atoms with van der Waals surface area (Å²) in [6.07, 6.45) is 5.71. The second-order valence-electron chi connectivity index (χ2n) is 6.89. The third kappa shape index (κ3) is 4.15. The number of carbonyl (C=O) groups is 1. The summed E-state index contributed by atoms with van der Waals surface area (Å²) >= 11 is 0. The molecule has 0 aliphatic rings. The fourth-order valence-corrected chi connectivity index (χ4v) is 3.19. The second kappa shape index (κ2) is 8.89. The van der Waals surface area contributed by atoms with Gasteiger partial charge < -0.3 is 9.30 Å². The van der Waals surface area contributed by atoms with E-state index in [0.29, 0.717) is 30.1 Å². The summed E-state index contributed by atoms with van der Waals surface area (Å²) in [7, 11) is 0. The van der Waals surface area contributed by atoms with Gasteiger partial charge in [-0.25, -0.2) is 14.6 Å². The number of fused-ring (bicyclic) bond motifs is 1. The maximum absolute atomic E-state index is 12.5. The number of aromatic nitrogens is 6. The predicted molar refractivity (Wildman–Crippen MR) is 107 cm³/mol. The number of hydrogen-bond donors (Lipinski definition) is 1. The number of imidazole rings is 1. The summed E-state index contributed by atoms with van der Waals surface area (Å²) in [5.74, 6) is -0.0229. The Balaban J connectivity index is 1.95. The molecule has 29 heavy (non-hydrogen) atoms. The Labute approximate surface area is 167 Å². The van der Waals surface area contributed by atoms with Crippen LogP contribution in [0.2, 0.25) is 0 Å². The number of H-pyrrole nitrogens is 1. The number of nitrogens with one attached hydrogen (secondary N) is 1. The van der Waals surface area contributed by atoms with E-state index in [1.165, 1.54) is 9.25 Å². The van der Waals surface area contributed by atoms with Crippen molar-refractivity contribution in [1.82, 2.24) is 28.9 Å². The zero-order valence-electron chi connectivity index (χ0n) is 16.9. The predicted octanol–water partition coefficient (Wildman–Crippen LogP) is 1.60. The Bertz CT molecular complexity index is 1090. The first kappa shape index (κ1) is 20.6. The molecule has 3 heterocycles. The van der Waals surface area contributed by atoms with Crippen LogP contribution in [0.15, 0.2) is 28.0 Å². The van der Waals surface area contributed by atoms with E-state index in [1.807, 2.05) is 13.8 Å². The van der Waals surface area contributed by atoms with Gasteiger partial charge in [0, 0.05) is 25.5 Å².